The molecule has 0 fully saturated rings. The zero-order valence-electron chi connectivity index (χ0n) is 4.63. The van der Waals surface area contributed by atoms with Crippen molar-refractivity contribution in [3.63, 3.8) is 0 Å². The Morgan fingerprint density at radius 1 is 1.44 bits per heavy atom. The van der Waals surface area contributed by atoms with Gasteiger partial charge in [0.2, 0.25) is 5.91 Å². The SMILES string of the molecule is O=CC=C1C=CC(=O)N1. The van der Waals surface area contributed by atoms with Crippen molar-refractivity contribution in [3.05, 3.63) is 23.9 Å². The van der Waals surface area contributed by atoms with Crippen molar-refractivity contribution in [2.75, 3.05) is 0 Å². The number of carbonyl (C=O) groups is 2. The molecule has 0 bridgehead atoms. The van der Waals surface area contributed by atoms with Gasteiger partial charge in [0.15, 0.2) is 0 Å². The Morgan fingerprint density at radius 3 is 2.67 bits per heavy atom. The van der Waals surface area contributed by atoms with E-state index in [0.717, 1.165) is 0 Å². The zero-order valence-corrected chi connectivity index (χ0v) is 4.63. The Hall–Kier alpha value is -1.38. The predicted molar refractivity (Wildman–Crippen MR) is 31.4 cm³/mol. The lowest BCUT2D eigenvalue weighted by Crippen LogP contribution is -2.12. The fraction of sp³-hybridized carbons (Fsp3) is 0. The van der Waals surface area contributed by atoms with Crippen LogP contribution in [0, 0.1) is 0 Å². The van der Waals surface area contributed by atoms with Gasteiger partial charge in [-0.15, -0.1) is 0 Å². The number of aldehydes is 1. The molecule has 46 valence electrons. The molecule has 0 aromatic rings. The molecule has 1 rings (SSSR count). The maximum atomic E-state index is 10.4. The molecule has 0 saturated carbocycles. The lowest BCUT2D eigenvalue weighted by molar-refractivity contribution is -0.115. The van der Waals surface area contributed by atoms with Gasteiger partial charge < -0.3 is 5.32 Å². The molecule has 1 heterocycles. The molecule has 0 atom stereocenters. The van der Waals surface area contributed by atoms with E-state index in [-0.39, 0.29) is 5.91 Å². The Kier molecular flexibility index (Phi) is 1.44. The molecule has 3 heteroatoms. The molecule has 0 radical (unpaired) electrons. The van der Waals surface area contributed by atoms with Crippen molar-refractivity contribution < 1.29 is 9.59 Å². The van der Waals surface area contributed by atoms with Gasteiger partial charge in [0.1, 0.15) is 6.29 Å². The first kappa shape index (κ1) is 5.75. The van der Waals surface area contributed by atoms with E-state index in [4.69, 9.17) is 0 Å². The van der Waals surface area contributed by atoms with Crippen LogP contribution in [0.4, 0.5) is 0 Å². The summed E-state index contributed by atoms with van der Waals surface area (Å²) in [6.45, 7) is 0. The highest BCUT2D eigenvalue weighted by Gasteiger charge is 2.03. The van der Waals surface area contributed by atoms with Gasteiger partial charge in [-0.05, 0) is 6.08 Å². The van der Waals surface area contributed by atoms with Crippen LogP contribution in [0.1, 0.15) is 0 Å². The van der Waals surface area contributed by atoms with Crippen LogP contribution in [0.2, 0.25) is 0 Å². The zero-order chi connectivity index (χ0) is 6.69. The maximum Gasteiger partial charge on any atom is 0.248 e. The number of carbonyl (C=O) groups excluding carboxylic acids is 2. The number of amides is 1. The van der Waals surface area contributed by atoms with Crippen LogP contribution in [0.15, 0.2) is 23.9 Å². The highest BCUT2D eigenvalue weighted by Crippen LogP contribution is 1.97. The highest BCUT2D eigenvalue weighted by atomic mass is 16.1. The van der Waals surface area contributed by atoms with Crippen molar-refractivity contribution in [2.24, 2.45) is 0 Å². The summed E-state index contributed by atoms with van der Waals surface area (Å²) in [4.78, 5) is 20.2. The van der Waals surface area contributed by atoms with E-state index in [9.17, 15) is 9.59 Å². The highest BCUT2D eigenvalue weighted by molar-refractivity contribution is 5.93. The van der Waals surface area contributed by atoms with Gasteiger partial charge in [-0.25, -0.2) is 0 Å². The van der Waals surface area contributed by atoms with E-state index >= 15 is 0 Å². The summed E-state index contributed by atoms with van der Waals surface area (Å²) >= 11 is 0. The average molecular weight is 123 g/mol. The van der Waals surface area contributed by atoms with Crippen molar-refractivity contribution in [1.82, 2.24) is 5.32 Å². The molecule has 1 aliphatic rings. The summed E-state index contributed by atoms with van der Waals surface area (Å²) < 4.78 is 0. The Balaban J connectivity index is 2.70. The van der Waals surface area contributed by atoms with Gasteiger partial charge in [0.05, 0.1) is 0 Å². The van der Waals surface area contributed by atoms with Gasteiger partial charge in [0.25, 0.3) is 0 Å². The molecule has 1 amide bonds. The van der Waals surface area contributed by atoms with Gasteiger partial charge in [-0.1, -0.05) is 0 Å². The summed E-state index contributed by atoms with van der Waals surface area (Å²) in [5.41, 5.74) is 0.551. The van der Waals surface area contributed by atoms with E-state index in [1.165, 1.54) is 12.2 Å². The summed E-state index contributed by atoms with van der Waals surface area (Å²) in [6.07, 6.45) is 4.85. The van der Waals surface area contributed by atoms with Crippen molar-refractivity contribution >= 4 is 12.2 Å². The van der Waals surface area contributed by atoms with Gasteiger partial charge in [-0.2, -0.15) is 0 Å². The quantitative estimate of drug-likeness (QED) is 0.386. The summed E-state index contributed by atoms with van der Waals surface area (Å²) in [5, 5.41) is 2.43. The molecule has 1 N–H and O–H groups in total. The van der Waals surface area contributed by atoms with Crippen LogP contribution in [0.3, 0.4) is 0 Å². The molecule has 1 aliphatic heterocycles. The molecular formula is C6H5NO2. The van der Waals surface area contributed by atoms with E-state index in [2.05, 4.69) is 5.32 Å². The van der Waals surface area contributed by atoms with Gasteiger partial charge in [0, 0.05) is 17.8 Å². The van der Waals surface area contributed by atoms with Crippen LogP contribution in [0.25, 0.3) is 0 Å². The number of nitrogens with one attached hydrogen (secondary N) is 1. The lowest BCUT2D eigenvalue weighted by Gasteiger charge is -1.89. The van der Waals surface area contributed by atoms with Gasteiger partial charge >= 0.3 is 0 Å². The third kappa shape index (κ3) is 1.25. The predicted octanol–water partition coefficient (Wildman–Crippen LogP) is -0.245. The number of hydrogen-bond acceptors (Lipinski definition) is 2. The Morgan fingerprint density at radius 2 is 2.22 bits per heavy atom. The Bertz CT molecular complexity index is 203. The minimum absolute atomic E-state index is 0.178. The molecule has 0 spiro atoms. The monoisotopic (exact) mass is 123 g/mol. The second kappa shape index (κ2) is 2.26. The number of allylic oxidation sites excluding steroid dienone is 2. The topological polar surface area (TPSA) is 46.2 Å². The first-order valence-electron chi connectivity index (χ1n) is 2.47. The largest absolute Gasteiger partial charge is 0.322 e. The van der Waals surface area contributed by atoms with Gasteiger partial charge in [-0.3, -0.25) is 9.59 Å². The third-order valence-electron chi connectivity index (χ3n) is 0.929. The fourth-order valence-corrected chi connectivity index (χ4v) is 0.562. The molecule has 3 nitrogen and oxygen atoms in total. The first-order valence-corrected chi connectivity index (χ1v) is 2.47. The minimum Gasteiger partial charge on any atom is -0.322 e. The average Bonchev–Trinajstić information content (AvgIpc) is 2.17. The van der Waals surface area contributed by atoms with Crippen molar-refractivity contribution in [2.45, 2.75) is 0 Å². The normalized spacial score (nSPS) is 20.4. The molecule has 0 saturated heterocycles. The fourth-order valence-electron chi connectivity index (χ4n) is 0.562. The minimum atomic E-state index is -0.178. The van der Waals surface area contributed by atoms with E-state index < -0.39 is 0 Å². The van der Waals surface area contributed by atoms with Crippen LogP contribution in [-0.4, -0.2) is 12.2 Å². The molecule has 0 aliphatic carbocycles. The molecular weight excluding hydrogens is 118 g/mol. The van der Waals surface area contributed by atoms with Crippen molar-refractivity contribution in [1.29, 1.82) is 0 Å². The number of rotatable bonds is 1. The Labute approximate surface area is 52.1 Å². The summed E-state index contributed by atoms with van der Waals surface area (Å²) in [5.74, 6) is -0.178. The van der Waals surface area contributed by atoms with E-state index in [1.807, 2.05) is 0 Å². The number of hydrogen-bond donors (Lipinski definition) is 1. The van der Waals surface area contributed by atoms with Crippen LogP contribution in [0.5, 0.6) is 0 Å². The summed E-state index contributed by atoms with van der Waals surface area (Å²) in [7, 11) is 0. The first-order chi connectivity index (χ1) is 4.33. The molecule has 9 heavy (non-hydrogen) atoms. The standard InChI is InChI=1S/C6H5NO2/c8-4-3-5-1-2-6(9)7-5/h1-4H,(H,7,9). The van der Waals surface area contributed by atoms with E-state index in [1.54, 1.807) is 6.08 Å². The second-order valence-corrected chi connectivity index (χ2v) is 1.58. The van der Waals surface area contributed by atoms with Crippen LogP contribution in [-0.2, 0) is 9.59 Å². The molecule has 0 aromatic heterocycles. The van der Waals surface area contributed by atoms with Crippen LogP contribution >= 0.6 is 0 Å². The van der Waals surface area contributed by atoms with E-state index in [0.29, 0.717) is 12.0 Å². The lowest BCUT2D eigenvalue weighted by atomic mass is 10.4. The second-order valence-electron chi connectivity index (χ2n) is 1.58. The smallest absolute Gasteiger partial charge is 0.248 e. The third-order valence-corrected chi connectivity index (χ3v) is 0.929. The summed E-state index contributed by atoms with van der Waals surface area (Å²) in [6, 6.07) is 0. The maximum absolute atomic E-state index is 10.4. The van der Waals surface area contributed by atoms with Crippen LogP contribution < -0.4 is 5.32 Å². The molecule has 0 unspecified atom stereocenters. The molecule has 0 aromatic carbocycles. The van der Waals surface area contributed by atoms with Crippen molar-refractivity contribution in [3.8, 4) is 0 Å².